The summed E-state index contributed by atoms with van der Waals surface area (Å²) in [5.41, 5.74) is 0.216. The third kappa shape index (κ3) is 3.79. The number of para-hydroxylation sites is 1. The van der Waals surface area contributed by atoms with E-state index in [2.05, 4.69) is 10.3 Å². The van der Waals surface area contributed by atoms with E-state index >= 15 is 0 Å². The van der Waals surface area contributed by atoms with Crippen molar-refractivity contribution in [3.63, 3.8) is 0 Å². The molecule has 0 bridgehead atoms. The van der Waals surface area contributed by atoms with Crippen LogP contribution in [0.15, 0.2) is 35.4 Å². The quantitative estimate of drug-likeness (QED) is 0.837. The van der Waals surface area contributed by atoms with E-state index in [1.54, 1.807) is 31.2 Å². The topological polar surface area (TPSA) is 101 Å². The first-order valence-electron chi connectivity index (χ1n) is 7.80. The van der Waals surface area contributed by atoms with Gasteiger partial charge in [-0.3, -0.25) is 14.2 Å². The number of hydrogen-bond acceptors (Lipinski definition) is 4. The molecule has 1 heterocycles. The zero-order chi connectivity index (χ0) is 17.9. The third-order valence-corrected chi connectivity index (χ3v) is 3.81. The Hall–Kier alpha value is -2.70. The first-order valence-corrected chi connectivity index (χ1v) is 7.80. The van der Waals surface area contributed by atoms with Crippen LogP contribution in [-0.4, -0.2) is 32.6 Å². The van der Waals surface area contributed by atoms with Crippen LogP contribution in [0, 0.1) is 5.92 Å². The lowest BCUT2D eigenvalue weighted by Crippen LogP contribution is -2.45. The summed E-state index contributed by atoms with van der Waals surface area (Å²) >= 11 is 0. The van der Waals surface area contributed by atoms with Crippen LogP contribution < -0.4 is 10.9 Å². The molecule has 2 N–H and O–H groups in total. The number of amides is 1. The molecule has 0 aliphatic carbocycles. The van der Waals surface area contributed by atoms with Crippen molar-refractivity contribution in [2.45, 2.75) is 39.3 Å². The summed E-state index contributed by atoms with van der Waals surface area (Å²) < 4.78 is 1.21. The number of benzene rings is 1. The van der Waals surface area contributed by atoms with Crippen molar-refractivity contribution in [3.8, 4) is 0 Å². The van der Waals surface area contributed by atoms with Gasteiger partial charge in [0.2, 0.25) is 5.91 Å². The normalized spacial score (nSPS) is 13.7. The zero-order valence-corrected chi connectivity index (χ0v) is 13.9. The van der Waals surface area contributed by atoms with E-state index < -0.39 is 24.0 Å². The average Bonchev–Trinajstić information content (AvgIpc) is 2.53. The van der Waals surface area contributed by atoms with Gasteiger partial charge < -0.3 is 10.4 Å². The molecule has 128 valence electrons. The molecule has 7 nitrogen and oxygen atoms in total. The van der Waals surface area contributed by atoms with E-state index in [0.717, 1.165) is 0 Å². The lowest BCUT2D eigenvalue weighted by molar-refractivity contribution is -0.142. The highest BCUT2D eigenvalue weighted by Gasteiger charge is 2.25. The monoisotopic (exact) mass is 331 g/mol. The second-order valence-corrected chi connectivity index (χ2v) is 6.18. The number of carboxylic acid groups (broad SMARTS) is 1. The summed E-state index contributed by atoms with van der Waals surface area (Å²) in [5, 5.41) is 12.1. The molecule has 0 saturated carbocycles. The SMILES string of the molecule is CC(C)C[C@H](NC(=O)[C@H](C)n1cnc2ccccc2c1=O)C(=O)O. The van der Waals surface area contributed by atoms with Gasteiger partial charge in [-0.05, 0) is 31.4 Å². The Morgan fingerprint density at radius 3 is 2.54 bits per heavy atom. The van der Waals surface area contributed by atoms with Crippen LogP contribution in [0.4, 0.5) is 0 Å². The smallest absolute Gasteiger partial charge is 0.326 e. The van der Waals surface area contributed by atoms with Crippen LogP contribution >= 0.6 is 0 Å². The fourth-order valence-electron chi connectivity index (χ4n) is 2.47. The molecule has 0 unspecified atom stereocenters. The zero-order valence-electron chi connectivity index (χ0n) is 13.9. The minimum Gasteiger partial charge on any atom is -0.480 e. The molecular weight excluding hydrogens is 310 g/mol. The molecular formula is C17H21N3O4. The molecule has 0 aliphatic rings. The van der Waals surface area contributed by atoms with Gasteiger partial charge in [-0.1, -0.05) is 26.0 Å². The highest BCUT2D eigenvalue weighted by molar-refractivity contribution is 5.86. The summed E-state index contributed by atoms with van der Waals surface area (Å²) in [7, 11) is 0. The van der Waals surface area contributed by atoms with Crippen LogP contribution in [0.1, 0.15) is 33.2 Å². The van der Waals surface area contributed by atoms with Crippen molar-refractivity contribution in [1.29, 1.82) is 0 Å². The number of fused-ring (bicyclic) bond motifs is 1. The van der Waals surface area contributed by atoms with Gasteiger partial charge in [0.05, 0.1) is 17.2 Å². The van der Waals surface area contributed by atoms with Gasteiger partial charge in [-0.2, -0.15) is 0 Å². The summed E-state index contributed by atoms with van der Waals surface area (Å²) in [5.74, 6) is -1.50. The van der Waals surface area contributed by atoms with E-state index in [-0.39, 0.29) is 11.5 Å². The number of carbonyl (C=O) groups excluding carboxylic acids is 1. The molecule has 1 aromatic heterocycles. The van der Waals surface area contributed by atoms with Crippen molar-refractivity contribution in [3.05, 3.63) is 40.9 Å². The Morgan fingerprint density at radius 2 is 1.92 bits per heavy atom. The maximum Gasteiger partial charge on any atom is 0.326 e. The number of nitrogens with one attached hydrogen (secondary N) is 1. The Labute approximate surface area is 139 Å². The maximum atomic E-state index is 12.5. The van der Waals surface area contributed by atoms with Gasteiger partial charge in [-0.15, -0.1) is 0 Å². The van der Waals surface area contributed by atoms with E-state index in [4.69, 9.17) is 0 Å². The minimum atomic E-state index is -1.09. The van der Waals surface area contributed by atoms with Crippen molar-refractivity contribution >= 4 is 22.8 Å². The molecule has 1 aromatic carbocycles. The molecule has 0 radical (unpaired) electrons. The predicted octanol–water partition coefficient (Wildman–Crippen LogP) is 1.57. The lowest BCUT2D eigenvalue weighted by Gasteiger charge is -2.20. The largest absolute Gasteiger partial charge is 0.480 e. The Balaban J connectivity index is 2.26. The standard InChI is InChI=1S/C17H21N3O4/c1-10(2)8-14(17(23)24)19-15(21)11(3)20-9-18-13-7-5-4-6-12(13)16(20)22/h4-7,9-11,14H,8H2,1-3H3,(H,19,21)(H,23,24)/t11-,14-/m0/s1. The Kier molecular flexibility index (Phi) is 5.33. The molecule has 24 heavy (non-hydrogen) atoms. The molecule has 7 heteroatoms. The molecule has 1 amide bonds. The maximum absolute atomic E-state index is 12.5. The van der Waals surface area contributed by atoms with E-state index in [1.807, 2.05) is 13.8 Å². The van der Waals surface area contributed by atoms with Gasteiger partial charge >= 0.3 is 5.97 Å². The van der Waals surface area contributed by atoms with E-state index in [1.165, 1.54) is 10.9 Å². The fraction of sp³-hybridized carbons (Fsp3) is 0.412. The first kappa shape index (κ1) is 17.7. The van der Waals surface area contributed by atoms with Gasteiger partial charge in [0, 0.05) is 0 Å². The van der Waals surface area contributed by atoms with Crippen molar-refractivity contribution in [2.24, 2.45) is 5.92 Å². The number of nitrogens with zero attached hydrogens (tertiary/aromatic N) is 2. The van der Waals surface area contributed by atoms with Crippen LogP contribution in [-0.2, 0) is 9.59 Å². The van der Waals surface area contributed by atoms with Crippen molar-refractivity contribution in [2.75, 3.05) is 0 Å². The predicted molar refractivity (Wildman–Crippen MR) is 89.7 cm³/mol. The van der Waals surface area contributed by atoms with Crippen LogP contribution in [0.2, 0.25) is 0 Å². The van der Waals surface area contributed by atoms with Crippen molar-refractivity contribution < 1.29 is 14.7 Å². The van der Waals surface area contributed by atoms with Crippen LogP contribution in [0.3, 0.4) is 0 Å². The van der Waals surface area contributed by atoms with Gasteiger partial charge in [0.1, 0.15) is 12.1 Å². The molecule has 2 rings (SSSR count). The lowest BCUT2D eigenvalue weighted by atomic mass is 10.0. The number of carbonyl (C=O) groups is 2. The van der Waals surface area contributed by atoms with Crippen molar-refractivity contribution in [1.82, 2.24) is 14.9 Å². The molecule has 0 fully saturated rings. The molecule has 0 aliphatic heterocycles. The third-order valence-electron chi connectivity index (χ3n) is 3.81. The highest BCUT2D eigenvalue weighted by Crippen LogP contribution is 2.10. The highest BCUT2D eigenvalue weighted by atomic mass is 16.4. The van der Waals surface area contributed by atoms with E-state index in [0.29, 0.717) is 17.3 Å². The number of hydrogen-bond donors (Lipinski definition) is 2. The summed E-state index contributed by atoms with van der Waals surface area (Å²) in [6.45, 7) is 5.30. The van der Waals surface area contributed by atoms with Crippen LogP contribution in [0.25, 0.3) is 10.9 Å². The van der Waals surface area contributed by atoms with Gasteiger partial charge in [-0.25, -0.2) is 9.78 Å². The first-order chi connectivity index (χ1) is 11.3. The van der Waals surface area contributed by atoms with Gasteiger partial charge in [0.15, 0.2) is 0 Å². The van der Waals surface area contributed by atoms with E-state index in [9.17, 15) is 19.5 Å². The summed E-state index contributed by atoms with van der Waals surface area (Å²) in [4.78, 5) is 40.3. The molecule has 2 atom stereocenters. The number of aliphatic carboxylic acids is 1. The fourth-order valence-corrected chi connectivity index (χ4v) is 2.47. The molecule has 0 spiro atoms. The summed E-state index contributed by atoms with van der Waals surface area (Å²) in [6.07, 6.45) is 1.63. The molecule has 0 saturated heterocycles. The Morgan fingerprint density at radius 1 is 1.25 bits per heavy atom. The summed E-state index contributed by atoms with van der Waals surface area (Å²) in [6, 6.07) is 5.02. The number of rotatable bonds is 6. The molecule has 2 aromatic rings. The number of carboxylic acids is 1. The Bertz CT molecular complexity index is 813. The second kappa shape index (κ2) is 7.25. The van der Waals surface area contributed by atoms with Gasteiger partial charge in [0.25, 0.3) is 5.56 Å². The number of aromatic nitrogens is 2. The average molecular weight is 331 g/mol. The second-order valence-electron chi connectivity index (χ2n) is 6.18. The minimum absolute atomic E-state index is 0.117. The van der Waals surface area contributed by atoms with Crippen LogP contribution in [0.5, 0.6) is 0 Å².